The fourth-order valence-electron chi connectivity index (χ4n) is 2.29. The van der Waals surface area contributed by atoms with E-state index >= 15 is 0 Å². The van der Waals surface area contributed by atoms with Gasteiger partial charge in [-0.1, -0.05) is 30.3 Å². The summed E-state index contributed by atoms with van der Waals surface area (Å²) in [6.45, 7) is 0. The Morgan fingerprint density at radius 2 is 1.85 bits per heavy atom. The van der Waals surface area contributed by atoms with Crippen LogP contribution in [0.2, 0.25) is 0 Å². The zero-order valence-electron chi connectivity index (χ0n) is 13.9. The second-order valence-electron chi connectivity index (χ2n) is 5.52. The average molecular weight is 353 g/mol. The van der Waals surface area contributed by atoms with Crippen molar-refractivity contribution in [3.8, 4) is 0 Å². The largest absolute Gasteiger partial charge is 0.370 e. The molecule has 0 saturated carbocycles. The lowest BCUT2D eigenvalue weighted by molar-refractivity contribution is -0.124. The highest BCUT2D eigenvalue weighted by atomic mass is 16.5. The van der Waals surface area contributed by atoms with E-state index in [2.05, 4.69) is 5.32 Å². The summed E-state index contributed by atoms with van der Waals surface area (Å²) in [6, 6.07) is 13.9. The van der Waals surface area contributed by atoms with Crippen molar-refractivity contribution < 1.29 is 19.6 Å². The fourth-order valence-corrected chi connectivity index (χ4v) is 2.29. The molecule has 0 heterocycles. The summed E-state index contributed by atoms with van der Waals surface area (Å²) in [5, 5.41) is 11.3. The molecule has 7 nitrogen and oxygen atoms in total. The van der Waals surface area contributed by atoms with Gasteiger partial charge < -0.3 is 11.1 Å². The highest BCUT2D eigenvalue weighted by Crippen LogP contribution is 2.18. The molecule has 0 atom stereocenters. The molecule has 0 fully saturated rings. The van der Waals surface area contributed by atoms with Gasteiger partial charge in [-0.3, -0.25) is 19.6 Å². The number of rotatable bonds is 7. The van der Waals surface area contributed by atoms with Crippen LogP contribution in [-0.2, 0) is 16.0 Å². The molecule has 0 unspecified atom stereocenters. The van der Waals surface area contributed by atoms with Crippen molar-refractivity contribution in [3.05, 3.63) is 71.3 Å². The van der Waals surface area contributed by atoms with Crippen molar-refractivity contribution in [2.24, 2.45) is 5.73 Å². The highest BCUT2D eigenvalue weighted by Gasteiger charge is 2.09. The molecule has 0 bridgehead atoms. The van der Waals surface area contributed by atoms with Crippen LogP contribution in [0.25, 0.3) is 6.08 Å². The van der Waals surface area contributed by atoms with Crippen LogP contribution in [0.4, 0.5) is 5.69 Å². The predicted octanol–water partition coefficient (Wildman–Crippen LogP) is 1.88. The Morgan fingerprint density at radius 3 is 2.58 bits per heavy atom. The molecule has 26 heavy (non-hydrogen) atoms. The second-order valence-corrected chi connectivity index (χ2v) is 5.52. The number of hydroxylamine groups is 1. The van der Waals surface area contributed by atoms with Crippen molar-refractivity contribution in [3.63, 3.8) is 0 Å². The lowest BCUT2D eigenvalue weighted by Crippen LogP contribution is -2.15. The van der Waals surface area contributed by atoms with Crippen LogP contribution in [0.1, 0.15) is 27.9 Å². The number of nitrogens with two attached hydrogens (primary N) is 1. The first kappa shape index (κ1) is 18.9. The summed E-state index contributed by atoms with van der Waals surface area (Å²) in [4.78, 5) is 34.5. The molecule has 0 aliphatic carbocycles. The number of hydrogen-bond donors (Lipinski definition) is 4. The van der Waals surface area contributed by atoms with Crippen molar-refractivity contribution in [1.82, 2.24) is 5.48 Å². The van der Waals surface area contributed by atoms with Crippen LogP contribution >= 0.6 is 0 Å². The van der Waals surface area contributed by atoms with Gasteiger partial charge in [0.25, 0.3) is 11.8 Å². The summed E-state index contributed by atoms with van der Waals surface area (Å²) >= 11 is 0. The molecule has 5 N–H and O–H groups in total. The average Bonchev–Trinajstić information content (AvgIpc) is 2.65. The molecule has 0 saturated heterocycles. The minimum Gasteiger partial charge on any atom is -0.370 e. The SMILES string of the molecule is NC(=O)CCc1cccc(C(=O)Nc2ccccc2C=CC(=O)NO)c1. The topological polar surface area (TPSA) is 122 Å². The third-order valence-electron chi connectivity index (χ3n) is 3.58. The number of nitrogens with one attached hydrogen (secondary N) is 2. The van der Waals surface area contributed by atoms with Crippen LogP contribution in [0.3, 0.4) is 0 Å². The van der Waals surface area contributed by atoms with E-state index in [4.69, 9.17) is 10.9 Å². The molecular weight excluding hydrogens is 334 g/mol. The molecular formula is C19H19N3O4. The molecule has 134 valence electrons. The van der Waals surface area contributed by atoms with Gasteiger partial charge in [-0.2, -0.15) is 0 Å². The van der Waals surface area contributed by atoms with Gasteiger partial charge in [0.2, 0.25) is 5.91 Å². The molecule has 7 heteroatoms. The zero-order chi connectivity index (χ0) is 18.9. The summed E-state index contributed by atoms with van der Waals surface area (Å²) in [5.74, 6) is -1.39. The number of benzene rings is 2. The normalized spacial score (nSPS) is 10.5. The minimum atomic E-state index is -0.673. The molecule has 2 aromatic rings. The molecule has 0 spiro atoms. The number of amides is 3. The molecule has 0 aliphatic heterocycles. The maximum absolute atomic E-state index is 12.5. The summed E-state index contributed by atoms with van der Waals surface area (Å²) in [6.07, 6.45) is 3.30. The first-order chi connectivity index (χ1) is 12.5. The van der Waals surface area contributed by atoms with Gasteiger partial charge in [-0.05, 0) is 41.8 Å². The number of para-hydroxylation sites is 1. The number of primary amides is 1. The standard InChI is InChI=1S/C19H19N3O4/c20-17(23)10-8-13-4-3-6-15(12-13)19(25)21-16-7-2-1-5-14(16)9-11-18(24)22-26/h1-7,9,11-12,26H,8,10H2,(H2,20,23)(H,21,25)(H,22,24). The number of carbonyl (C=O) groups excluding carboxylic acids is 3. The summed E-state index contributed by atoms with van der Waals surface area (Å²) in [5.41, 5.74) is 9.05. The Hall–Kier alpha value is -3.45. The second kappa shape index (κ2) is 9.14. The predicted molar refractivity (Wildman–Crippen MR) is 97.3 cm³/mol. The van der Waals surface area contributed by atoms with Crippen molar-refractivity contribution >= 4 is 29.5 Å². The van der Waals surface area contributed by atoms with Crippen LogP contribution in [-0.4, -0.2) is 22.9 Å². The van der Waals surface area contributed by atoms with Crippen molar-refractivity contribution in [2.75, 3.05) is 5.32 Å². The van der Waals surface area contributed by atoms with E-state index in [0.29, 0.717) is 23.2 Å². The van der Waals surface area contributed by atoms with Gasteiger partial charge in [0.05, 0.1) is 0 Å². The summed E-state index contributed by atoms with van der Waals surface area (Å²) < 4.78 is 0. The van der Waals surface area contributed by atoms with Gasteiger partial charge >= 0.3 is 0 Å². The molecule has 3 amide bonds. The van der Waals surface area contributed by atoms with E-state index in [1.807, 2.05) is 6.07 Å². The minimum absolute atomic E-state index is 0.214. The van der Waals surface area contributed by atoms with Crippen LogP contribution in [0, 0.1) is 0 Å². The third-order valence-corrected chi connectivity index (χ3v) is 3.58. The van der Waals surface area contributed by atoms with Crippen molar-refractivity contribution in [2.45, 2.75) is 12.8 Å². The van der Waals surface area contributed by atoms with E-state index in [9.17, 15) is 14.4 Å². The van der Waals surface area contributed by atoms with Gasteiger partial charge in [0.1, 0.15) is 0 Å². The van der Waals surface area contributed by atoms with E-state index < -0.39 is 11.8 Å². The number of anilines is 1. The Bertz CT molecular complexity index is 846. The molecule has 2 aromatic carbocycles. The van der Waals surface area contributed by atoms with Crippen LogP contribution in [0.15, 0.2) is 54.6 Å². The Kier molecular flexibility index (Phi) is 6.64. The fraction of sp³-hybridized carbons (Fsp3) is 0.105. The van der Waals surface area contributed by atoms with E-state index in [-0.39, 0.29) is 12.3 Å². The maximum Gasteiger partial charge on any atom is 0.267 e. The monoisotopic (exact) mass is 353 g/mol. The maximum atomic E-state index is 12.5. The zero-order valence-corrected chi connectivity index (χ0v) is 13.9. The van der Waals surface area contributed by atoms with Gasteiger partial charge in [-0.15, -0.1) is 0 Å². The van der Waals surface area contributed by atoms with Crippen molar-refractivity contribution in [1.29, 1.82) is 0 Å². The molecule has 0 radical (unpaired) electrons. The van der Waals surface area contributed by atoms with E-state index in [0.717, 1.165) is 11.6 Å². The quantitative estimate of drug-likeness (QED) is 0.345. The Balaban J connectivity index is 2.15. The first-order valence-corrected chi connectivity index (χ1v) is 7.89. The lowest BCUT2D eigenvalue weighted by Gasteiger charge is -2.09. The first-order valence-electron chi connectivity index (χ1n) is 7.89. The van der Waals surface area contributed by atoms with E-state index in [1.165, 1.54) is 11.6 Å². The Morgan fingerprint density at radius 1 is 1.08 bits per heavy atom. The molecule has 0 aromatic heterocycles. The number of carbonyl (C=O) groups is 3. The van der Waals surface area contributed by atoms with E-state index in [1.54, 1.807) is 42.5 Å². The highest BCUT2D eigenvalue weighted by molar-refractivity contribution is 6.05. The lowest BCUT2D eigenvalue weighted by atomic mass is 10.1. The molecule has 0 aliphatic rings. The van der Waals surface area contributed by atoms with Gasteiger partial charge in [0.15, 0.2) is 0 Å². The smallest absolute Gasteiger partial charge is 0.267 e. The summed E-state index contributed by atoms with van der Waals surface area (Å²) in [7, 11) is 0. The molecule has 2 rings (SSSR count). The van der Waals surface area contributed by atoms with Crippen LogP contribution in [0.5, 0.6) is 0 Å². The number of aryl methyl sites for hydroxylation is 1. The van der Waals surface area contributed by atoms with Gasteiger partial charge in [-0.25, -0.2) is 5.48 Å². The number of hydrogen-bond acceptors (Lipinski definition) is 4. The van der Waals surface area contributed by atoms with Gasteiger partial charge in [0, 0.05) is 23.7 Å². The third kappa shape index (κ3) is 5.57. The Labute approximate surface area is 150 Å². The van der Waals surface area contributed by atoms with Crippen LogP contribution < -0.4 is 16.5 Å².